The summed E-state index contributed by atoms with van der Waals surface area (Å²) in [5.41, 5.74) is 0. The van der Waals surface area contributed by atoms with Crippen LogP contribution in [0.15, 0.2) is 12.3 Å². The van der Waals surface area contributed by atoms with Crippen LogP contribution >= 0.6 is 0 Å². The predicted octanol–water partition coefficient (Wildman–Crippen LogP) is 2.26. The van der Waals surface area contributed by atoms with Gasteiger partial charge in [0.05, 0.1) is 18.0 Å². The van der Waals surface area contributed by atoms with Crippen LogP contribution < -0.4 is 0 Å². The Labute approximate surface area is 67.9 Å². The topological polar surface area (TPSA) is 29.5 Å². The summed E-state index contributed by atoms with van der Waals surface area (Å²) in [4.78, 5) is 0. The Hall–Kier alpha value is -0.500. The van der Waals surface area contributed by atoms with Crippen LogP contribution in [0, 0.1) is 5.92 Å². The third-order valence-corrected chi connectivity index (χ3v) is 2.03. The summed E-state index contributed by atoms with van der Waals surface area (Å²) >= 11 is 0. The van der Waals surface area contributed by atoms with Crippen LogP contribution in [0.4, 0.5) is 0 Å². The summed E-state index contributed by atoms with van der Waals surface area (Å²) in [6.07, 6.45) is 2.53. The highest BCUT2D eigenvalue weighted by Gasteiger charge is 2.32. The lowest BCUT2D eigenvalue weighted by Gasteiger charge is -2.35. The van der Waals surface area contributed by atoms with Crippen molar-refractivity contribution in [3.63, 3.8) is 0 Å². The van der Waals surface area contributed by atoms with E-state index in [1.165, 1.54) is 0 Å². The van der Waals surface area contributed by atoms with E-state index in [0.717, 1.165) is 12.8 Å². The maximum absolute atomic E-state index is 8.97. The van der Waals surface area contributed by atoms with E-state index in [4.69, 9.17) is 9.84 Å². The second-order valence-electron chi connectivity index (χ2n) is 3.47. The van der Waals surface area contributed by atoms with Crippen molar-refractivity contribution >= 4 is 0 Å². The summed E-state index contributed by atoms with van der Waals surface area (Å²) in [7, 11) is 0. The Balaban J connectivity index is 2.14. The number of aliphatic hydroxyl groups excluding tert-OH is 1. The van der Waals surface area contributed by atoms with Gasteiger partial charge in [0, 0.05) is 5.92 Å². The molecule has 0 aliphatic heterocycles. The first kappa shape index (κ1) is 8.60. The second-order valence-corrected chi connectivity index (χ2v) is 3.47. The van der Waals surface area contributed by atoms with E-state index in [0.29, 0.717) is 23.9 Å². The number of allylic oxidation sites excluding steroid dienone is 1. The molecule has 0 amide bonds. The Kier molecular flexibility index (Phi) is 2.55. The fraction of sp³-hybridized carbons (Fsp3) is 0.778. The third-order valence-electron chi connectivity index (χ3n) is 2.03. The Morgan fingerprint density at radius 1 is 1.55 bits per heavy atom. The quantitative estimate of drug-likeness (QED) is 0.635. The molecule has 0 aromatic rings. The van der Waals surface area contributed by atoms with Gasteiger partial charge >= 0.3 is 0 Å². The molecule has 0 saturated heterocycles. The highest BCUT2D eigenvalue weighted by atomic mass is 16.5. The first-order chi connectivity index (χ1) is 5.09. The molecule has 2 nitrogen and oxygen atoms in total. The molecule has 0 bridgehead atoms. The van der Waals surface area contributed by atoms with Crippen LogP contribution in [0.2, 0.25) is 0 Å². The fourth-order valence-corrected chi connectivity index (χ4v) is 1.33. The first-order valence-corrected chi connectivity index (χ1v) is 4.12. The van der Waals surface area contributed by atoms with Gasteiger partial charge < -0.3 is 9.84 Å². The van der Waals surface area contributed by atoms with Crippen molar-refractivity contribution in [3.8, 4) is 0 Å². The molecule has 1 fully saturated rings. The molecule has 0 aromatic carbocycles. The minimum Gasteiger partial charge on any atom is -0.513 e. The molecule has 0 radical (unpaired) electrons. The van der Waals surface area contributed by atoms with Gasteiger partial charge in [0.15, 0.2) is 0 Å². The zero-order chi connectivity index (χ0) is 8.43. The molecule has 1 aliphatic carbocycles. The van der Waals surface area contributed by atoms with Crippen LogP contribution in [0.1, 0.15) is 26.7 Å². The number of aliphatic hydroxyl groups is 1. The van der Waals surface area contributed by atoms with E-state index in [1.54, 1.807) is 0 Å². The van der Waals surface area contributed by atoms with Gasteiger partial charge in [0.2, 0.25) is 0 Å². The highest BCUT2D eigenvalue weighted by molar-refractivity contribution is 4.98. The molecule has 0 aromatic heterocycles. The SMILES string of the molecule is C=C(O)[C@H]1C[C@H](OC(C)C)C1. The zero-order valence-electron chi connectivity index (χ0n) is 7.21. The van der Waals surface area contributed by atoms with Gasteiger partial charge in [-0.3, -0.25) is 0 Å². The van der Waals surface area contributed by atoms with Crippen LogP contribution in [0.3, 0.4) is 0 Å². The van der Waals surface area contributed by atoms with E-state index in [1.807, 2.05) is 13.8 Å². The van der Waals surface area contributed by atoms with Gasteiger partial charge in [-0.1, -0.05) is 6.58 Å². The molecule has 1 rings (SSSR count). The molecule has 2 heteroatoms. The Morgan fingerprint density at radius 3 is 2.45 bits per heavy atom. The zero-order valence-corrected chi connectivity index (χ0v) is 7.21. The van der Waals surface area contributed by atoms with Gasteiger partial charge in [-0.2, -0.15) is 0 Å². The van der Waals surface area contributed by atoms with E-state index < -0.39 is 0 Å². The average molecular weight is 156 g/mol. The maximum atomic E-state index is 8.97. The molecule has 1 N–H and O–H groups in total. The molecule has 0 heterocycles. The monoisotopic (exact) mass is 156 g/mol. The maximum Gasteiger partial charge on any atom is 0.0883 e. The normalized spacial score (nSPS) is 30.1. The van der Waals surface area contributed by atoms with Gasteiger partial charge in [-0.25, -0.2) is 0 Å². The van der Waals surface area contributed by atoms with E-state index in [2.05, 4.69) is 6.58 Å². The fourth-order valence-electron chi connectivity index (χ4n) is 1.33. The van der Waals surface area contributed by atoms with Crippen LogP contribution in [0.5, 0.6) is 0 Å². The predicted molar refractivity (Wildman–Crippen MR) is 44.5 cm³/mol. The van der Waals surface area contributed by atoms with Gasteiger partial charge in [-0.05, 0) is 26.7 Å². The number of hydrogen-bond donors (Lipinski definition) is 1. The standard InChI is InChI=1S/C9H16O2/c1-6(2)11-9-4-8(5-9)7(3)10/h6,8-10H,3-5H2,1-2H3/t8-,9-. The first-order valence-electron chi connectivity index (χ1n) is 4.12. The smallest absolute Gasteiger partial charge is 0.0883 e. The van der Waals surface area contributed by atoms with Crippen molar-refractivity contribution in [2.75, 3.05) is 0 Å². The van der Waals surface area contributed by atoms with Gasteiger partial charge in [-0.15, -0.1) is 0 Å². The summed E-state index contributed by atoms with van der Waals surface area (Å²) in [6, 6.07) is 0. The molecule has 1 aliphatic rings. The molecule has 0 atom stereocenters. The molecule has 1 saturated carbocycles. The minimum atomic E-state index is 0.291. The Bertz CT molecular complexity index is 146. The largest absolute Gasteiger partial charge is 0.513 e. The van der Waals surface area contributed by atoms with Crippen LogP contribution in [-0.2, 0) is 4.74 Å². The van der Waals surface area contributed by atoms with Gasteiger partial charge in [0.1, 0.15) is 0 Å². The van der Waals surface area contributed by atoms with Crippen molar-refractivity contribution in [1.29, 1.82) is 0 Å². The minimum absolute atomic E-state index is 0.291. The van der Waals surface area contributed by atoms with E-state index in [9.17, 15) is 0 Å². The van der Waals surface area contributed by atoms with Crippen molar-refractivity contribution in [1.82, 2.24) is 0 Å². The lowest BCUT2D eigenvalue weighted by Crippen LogP contribution is -2.34. The Morgan fingerprint density at radius 2 is 2.09 bits per heavy atom. The summed E-state index contributed by atoms with van der Waals surface area (Å²) < 4.78 is 5.51. The molecular formula is C9H16O2. The number of ether oxygens (including phenoxy) is 1. The number of hydrogen-bond acceptors (Lipinski definition) is 2. The molecule has 11 heavy (non-hydrogen) atoms. The van der Waals surface area contributed by atoms with Crippen LogP contribution in [0.25, 0.3) is 0 Å². The van der Waals surface area contributed by atoms with E-state index in [-0.39, 0.29) is 0 Å². The molecule has 64 valence electrons. The molecule has 0 unspecified atom stereocenters. The summed E-state index contributed by atoms with van der Waals surface area (Å²) in [5, 5.41) is 8.97. The number of rotatable bonds is 3. The van der Waals surface area contributed by atoms with Crippen molar-refractivity contribution in [3.05, 3.63) is 12.3 Å². The van der Waals surface area contributed by atoms with Crippen molar-refractivity contribution in [2.24, 2.45) is 5.92 Å². The van der Waals surface area contributed by atoms with Crippen molar-refractivity contribution < 1.29 is 9.84 Å². The summed E-state index contributed by atoms with van der Waals surface area (Å²) in [5.74, 6) is 0.604. The van der Waals surface area contributed by atoms with Crippen LogP contribution in [-0.4, -0.2) is 17.3 Å². The summed E-state index contributed by atoms with van der Waals surface area (Å²) in [6.45, 7) is 7.55. The molecular weight excluding hydrogens is 140 g/mol. The van der Waals surface area contributed by atoms with Crippen molar-refractivity contribution in [2.45, 2.75) is 38.9 Å². The average Bonchev–Trinajstić information content (AvgIpc) is 1.75. The third kappa shape index (κ3) is 2.22. The second kappa shape index (κ2) is 3.26. The highest BCUT2D eigenvalue weighted by Crippen LogP contribution is 2.34. The van der Waals surface area contributed by atoms with E-state index >= 15 is 0 Å². The molecule has 0 spiro atoms. The van der Waals surface area contributed by atoms with Gasteiger partial charge in [0.25, 0.3) is 0 Å². The lowest BCUT2D eigenvalue weighted by atomic mass is 9.81. The lowest BCUT2D eigenvalue weighted by molar-refractivity contribution is -0.0606.